The molecule has 0 saturated carbocycles. The molecule has 0 heterocycles. The molecule has 0 bridgehead atoms. The number of hydrogen-bond donors (Lipinski definition) is 1. The molecule has 0 aromatic heterocycles. The molecule has 1 heteroatoms. The Morgan fingerprint density at radius 3 is 2.50 bits per heavy atom. The Labute approximate surface area is 76.5 Å². The summed E-state index contributed by atoms with van der Waals surface area (Å²) in [4.78, 5) is 0. The zero-order valence-electron chi connectivity index (χ0n) is 8.64. The van der Waals surface area contributed by atoms with E-state index in [2.05, 4.69) is 26.8 Å². The van der Waals surface area contributed by atoms with E-state index in [-0.39, 0.29) is 0 Å². The average Bonchev–Trinajstić information content (AvgIpc) is 2.00. The highest BCUT2D eigenvalue weighted by Crippen LogP contribution is 2.13. The van der Waals surface area contributed by atoms with E-state index in [9.17, 15) is 0 Å². The fraction of sp³-hybridized carbons (Fsp3) is 0.818. The zero-order chi connectivity index (χ0) is 9.40. The largest absolute Gasteiger partial charge is 0.396 e. The van der Waals surface area contributed by atoms with E-state index in [4.69, 9.17) is 5.11 Å². The number of aliphatic hydroxyl groups is 1. The lowest BCUT2D eigenvalue weighted by atomic mass is 9.99. The summed E-state index contributed by atoms with van der Waals surface area (Å²) in [5.41, 5.74) is 1.41. The molecule has 0 rings (SSSR count). The van der Waals surface area contributed by atoms with Crippen molar-refractivity contribution in [3.63, 3.8) is 0 Å². The Balaban J connectivity index is 3.31. The van der Waals surface area contributed by atoms with Crippen LogP contribution in [0.3, 0.4) is 0 Å². The quantitative estimate of drug-likeness (QED) is 0.607. The second-order valence-corrected chi connectivity index (χ2v) is 3.83. The molecule has 0 amide bonds. The molecule has 72 valence electrons. The van der Waals surface area contributed by atoms with Crippen LogP contribution in [0, 0.1) is 5.92 Å². The smallest absolute Gasteiger partial charge is 0.0431 e. The third-order valence-electron chi connectivity index (χ3n) is 2.07. The third-order valence-corrected chi connectivity index (χ3v) is 2.07. The second kappa shape index (κ2) is 7.35. The number of hydrogen-bond acceptors (Lipinski definition) is 1. The van der Waals surface area contributed by atoms with Gasteiger partial charge in [-0.05, 0) is 45.4 Å². The lowest BCUT2D eigenvalue weighted by molar-refractivity contribution is 0.272. The zero-order valence-corrected chi connectivity index (χ0v) is 8.64. The van der Waals surface area contributed by atoms with Crippen molar-refractivity contribution in [3.8, 4) is 0 Å². The lowest BCUT2D eigenvalue weighted by Crippen LogP contribution is -1.95. The van der Waals surface area contributed by atoms with Gasteiger partial charge in [0.2, 0.25) is 0 Å². The van der Waals surface area contributed by atoms with Gasteiger partial charge in [-0.3, -0.25) is 0 Å². The van der Waals surface area contributed by atoms with Gasteiger partial charge in [0.15, 0.2) is 0 Å². The summed E-state index contributed by atoms with van der Waals surface area (Å²) in [7, 11) is 0. The third kappa shape index (κ3) is 7.80. The lowest BCUT2D eigenvalue weighted by Gasteiger charge is -2.07. The summed E-state index contributed by atoms with van der Waals surface area (Å²) in [5.74, 6) is 0.757. The van der Waals surface area contributed by atoms with Gasteiger partial charge in [-0.1, -0.05) is 18.6 Å². The summed E-state index contributed by atoms with van der Waals surface area (Å²) >= 11 is 0. The molecular weight excluding hydrogens is 148 g/mol. The van der Waals surface area contributed by atoms with Crippen LogP contribution in [-0.4, -0.2) is 11.7 Å². The van der Waals surface area contributed by atoms with Gasteiger partial charge in [0.05, 0.1) is 0 Å². The minimum absolute atomic E-state index is 0.340. The monoisotopic (exact) mass is 170 g/mol. The molecule has 0 aromatic carbocycles. The molecule has 0 fully saturated rings. The maximum absolute atomic E-state index is 8.62. The molecule has 0 unspecified atom stereocenters. The van der Waals surface area contributed by atoms with Crippen molar-refractivity contribution in [1.82, 2.24) is 0 Å². The molecule has 0 radical (unpaired) electrons. The molecule has 0 aliphatic carbocycles. The Morgan fingerprint density at radius 2 is 2.00 bits per heavy atom. The highest BCUT2D eigenvalue weighted by molar-refractivity contribution is 4.92. The Morgan fingerprint density at radius 1 is 1.33 bits per heavy atom. The summed E-state index contributed by atoms with van der Waals surface area (Å²) in [6.07, 6.45) is 6.85. The van der Waals surface area contributed by atoms with E-state index in [0.717, 1.165) is 18.8 Å². The molecular formula is C11H22O. The van der Waals surface area contributed by atoms with Crippen LogP contribution >= 0.6 is 0 Å². The number of aliphatic hydroxyl groups excluding tert-OH is 1. The molecule has 0 aliphatic heterocycles. The van der Waals surface area contributed by atoms with Crippen molar-refractivity contribution < 1.29 is 5.11 Å². The predicted octanol–water partition coefficient (Wildman–Crippen LogP) is 3.14. The molecule has 1 N–H and O–H groups in total. The van der Waals surface area contributed by atoms with E-state index in [1.54, 1.807) is 0 Å². The number of rotatable bonds is 6. The standard InChI is InChI=1S/C11H22O/c1-10(2)6-4-7-11(3)8-5-9-12/h6,11-12H,4-5,7-9H2,1-3H3/t11-/m0/s1. The van der Waals surface area contributed by atoms with E-state index < -0.39 is 0 Å². The maximum Gasteiger partial charge on any atom is 0.0431 e. The minimum atomic E-state index is 0.340. The fourth-order valence-corrected chi connectivity index (χ4v) is 1.24. The molecule has 12 heavy (non-hydrogen) atoms. The molecule has 1 atom stereocenters. The van der Waals surface area contributed by atoms with Crippen LogP contribution in [0.15, 0.2) is 11.6 Å². The summed E-state index contributed by atoms with van der Waals surface area (Å²) in [5, 5.41) is 8.62. The minimum Gasteiger partial charge on any atom is -0.396 e. The van der Waals surface area contributed by atoms with Crippen molar-refractivity contribution >= 4 is 0 Å². The van der Waals surface area contributed by atoms with Crippen LogP contribution in [-0.2, 0) is 0 Å². The Kier molecular flexibility index (Phi) is 7.17. The maximum atomic E-state index is 8.62. The van der Waals surface area contributed by atoms with Gasteiger partial charge in [-0.2, -0.15) is 0 Å². The van der Waals surface area contributed by atoms with Gasteiger partial charge >= 0.3 is 0 Å². The second-order valence-electron chi connectivity index (χ2n) is 3.83. The molecule has 0 spiro atoms. The average molecular weight is 170 g/mol. The highest BCUT2D eigenvalue weighted by Gasteiger charge is 1.99. The van der Waals surface area contributed by atoms with Gasteiger partial charge < -0.3 is 5.11 Å². The first-order valence-corrected chi connectivity index (χ1v) is 4.91. The van der Waals surface area contributed by atoms with Gasteiger partial charge in [-0.25, -0.2) is 0 Å². The van der Waals surface area contributed by atoms with Crippen LogP contribution in [0.5, 0.6) is 0 Å². The first-order valence-electron chi connectivity index (χ1n) is 4.91. The summed E-state index contributed by atoms with van der Waals surface area (Å²) in [6, 6.07) is 0. The highest BCUT2D eigenvalue weighted by atomic mass is 16.2. The van der Waals surface area contributed by atoms with Crippen LogP contribution < -0.4 is 0 Å². The Hall–Kier alpha value is -0.300. The number of allylic oxidation sites excluding steroid dienone is 2. The molecule has 1 nitrogen and oxygen atoms in total. The van der Waals surface area contributed by atoms with Gasteiger partial charge in [0.1, 0.15) is 0 Å². The van der Waals surface area contributed by atoms with Crippen molar-refractivity contribution in [1.29, 1.82) is 0 Å². The van der Waals surface area contributed by atoms with Gasteiger partial charge in [-0.15, -0.1) is 0 Å². The first-order chi connectivity index (χ1) is 5.66. The van der Waals surface area contributed by atoms with Crippen molar-refractivity contribution in [3.05, 3.63) is 11.6 Å². The summed E-state index contributed by atoms with van der Waals surface area (Å²) in [6.45, 7) is 6.87. The van der Waals surface area contributed by atoms with Gasteiger partial charge in [0, 0.05) is 6.61 Å². The van der Waals surface area contributed by atoms with Crippen molar-refractivity contribution in [2.75, 3.05) is 6.61 Å². The van der Waals surface area contributed by atoms with Crippen LogP contribution in [0.25, 0.3) is 0 Å². The fourth-order valence-electron chi connectivity index (χ4n) is 1.24. The topological polar surface area (TPSA) is 20.2 Å². The SMILES string of the molecule is CC(C)=CCC[C@H](C)CCCO. The van der Waals surface area contributed by atoms with E-state index in [1.807, 2.05) is 0 Å². The van der Waals surface area contributed by atoms with Crippen LogP contribution in [0.2, 0.25) is 0 Å². The molecule has 0 aliphatic rings. The van der Waals surface area contributed by atoms with E-state index in [1.165, 1.54) is 18.4 Å². The summed E-state index contributed by atoms with van der Waals surface area (Å²) < 4.78 is 0. The van der Waals surface area contributed by atoms with Crippen LogP contribution in [0.1, 0.15) is 46.5 Å². The predicted molar refractivity (Wildman–Crippen MR) is 54.1 cm³/mol. The molecule has 0 saturated heterocycles. The molecule has 0 aromatic rings. The first kappa shape index (κ1) is 11.7. The van der Waals surface area contributed by atoms with Crippen LogP contribution in [0.4, 0.5) is 0 Å². The normalized spacial score (nSPS) is 12.7. The van der Waals surface area contributed by atoms with Crippen molar-refractivity contribution in [2.45, 2.75) is 46.5 Å². The van der Waals surface area contributed by atoms with E-state index in [0.29, 0.717) is 6.61 Å². The Bertz CT molecular complexity index is 123. The van der Waals surface area contributed by atoms with Crippen molar-refractivity contribution in [2.24, 2.45) is 5.92 Å². The van der Waals surface area contributed by atoms with E-state index >= 15 is 0 Å². The van der Waals surface area contributed by atoms with Gasteiger partial charge in [0.25, 0.3) is 0 Å².